The van der Waals surface area contributed by atoms with Gasteiger partial charge in [-0.25, -0.2) is 4.98 Å². The van der Waals surface area contributed by atoms with Crippen LogP contribution in [0, 0.1) is 0 Å². The van der Waals surface area contributed by atoms with Gasteiger partial charge in [-0.05, 0) is 31.9 Å². The summed E-state index contributed by atoms with van der Waals surface area (Å²) in [6.07, 6.45) is 4.16. The number of thioether (sulfide) groups is 1. The predicted octanol–water partition coefficient (Wildman–Crippen LogP) is 2.33. The quantitative estimate of drug-likeness (QED) is 0.781. The molecule has 17 heavy (non-hydrogen) atoms. The fourth-order valence-corrected chi connectivity index (χ4v) is 2.81. The lowest BCUT2D eigenvalue weighted by Crippen LogP contribution is -2.49. The van der Waals surface area contributed by atoms with Gasteiger partial charge in [-0.15, -0.1) is 11.8 Å². The van der Waals surface area contributed by atoms with Crippen LogP contribution >= 0.6 is 23.4 Å². The third-order valence-electron chi connectivity index (χ3n) is 2.73. The van der Waals surface area contributed by atoms with Crippen LogP contribution in [0.15, 0.2) is 23.4 Å². The van der Waals surface area contributed by atoms with Crippen molar-refractivity contribution in [3.05, 3.63) is 23.4 Å². The van der Waals surface area contributed by atoms with Gasteiger partial charge in [-0.3, -0.25) is 0 Å². The molecule has 3 nitrogen and oxygen atoms in total. The topological polar surface area (TPSA) is 45.2 Å². The minimum Gasteiger partial charge on any atom is -0.394 e. The molecule has 0 amide bonds. The lowest BCUT2D eigenvalue weighted by Gasteiger charge is -2.28. The molecule has 1 fully saturated rings. The number of halogens is 1. The molecule has 0 aliphatic heterocycles. The summed E-state index contributed by atoms with van der Waals surface area (Å²) in [7, 11) is 0. The lowest BCUT2D eigenvalue weighted by atomic mass is 10.1. The van der Waals surface area contributed by atoms with Crippen molar-refractivity contribution < 1.29 is 5.11 Å². The van der Waals surface area contributed by atoms with Crippen molar-refractivity contribution in [2.45, 2.75) is 36.4 Å². The van der Waals surface area contributed by atoms with E-state index in [1.54, 1.807) is 18.0 Å². The molecule has 1 saturated carbocycles. The first-order valence-electron chi connectivity index (χ1n) is 5.75. The first kappa shape index (κ1) is 13.1. The average molecular weight is 273 g/mol. The Kier molecular flexibility index (Phi) is 4.31. The minimum atomic E-state index is -0.257. The van der Waals surface area contributed by atoms with Crippen molar-refractivity contribution in [3.8, 4) is 0 Å². The number of pyridine rings is 1. The maximum atomic E-state index is 9.48. The molecule has 0 saturated heterocycles. The Morgan fingerprint density at radius 2 is 2.41 bits per heavy atom. The van der Waals surface area contributed by atoms with Gasteiger partial charge < -0.3 is 10.4 Å². The molecule has 0 spiro atoms. The Bertz CT molecular complexity index is 387. The molecule has 0 radical (unpaired) electrons. The average Bonchev–Trinajstić information content (AvgIpc) is 3.12. The molecule has 1 aromatic heterocycles. The molecule has 1 heterocycles. The van der Waals surface area contributed by atoms with Crippen molar-refractivity contribution in [3.63, 3.8) is 0 Å². The lowest BCUT2D eigenvalue weighted by molar-refractivity contribution is 0.190. The smallest absolute Gasteiger partial charge is 0.115 e. The van der Waals surface area contributed by atoms with Gasteiger partial charge in [0.2, 0.25) is 0 Å². The second-order valence-electron chi connectivity index (χ2n) is 4.72. The molecule has 1 atom stereocenters. The number of nitrogens with zero attached hydrogens (tertiary/aromatic N) is 1. The SMILES string of the molecule is CC(CO)(CSc1ncccc1Cl)NC1CC1. The largest absolute Gasteiger partial charge is 0.394 e. The molecule has 1 aliphatic carbocycles. The van der Waals surface area contributed by atoms with Gasteiger partial charge in [0.05, 0.1) is 11.6 Å². The summed E-state index contributed by atoms with van der Waals surface area (Å²) in [4.78, 5) is 4.23. The Morgan fingerprint density at radius 3 is 3.00 bits per heavy atom. The van der Waals surface area contributed by atoms with Crippen LogP contribution in [-0.2, 0) is 0 Å². The molecule has 2 rings (SSSR count). The summed E-state index contributed by atoms with van der Waals surface area (Å²) < 4.78 is 0. The highest BCUT2D eigenvalue weighted by Crippen LogP contribution is 2.29. The molecule has 0 aromatic carbocycles. The fourth-order valence-electron chi connectivity index (χ4n) is 1.56. The Balaban J connectivity index is 1.92. The zero-order chi connectivity index (χ0) is 12.3. The van der Waals surface area contributed by atoms with Crippen LogP contribution in [0.5, 0.6) is 0 Å². The number of aliphatic hydroxyl groups excluding tert-OH is 1. The maximum Gasteiger partial charge on any atom is 0.115 e. The summed E-state index contributed by atoms with van der Waals surface area (Å²) in [5.74, 6) is 0.761. The van der Waals surface area contributed by atoms with E-state index in [1.807, 2.05) is 19.1 Å². The van der Waals surface area contributed by atoms with Gasteiger partial charge in [0, 0.05) is 23.5 Å². The summed E-state index contributed by atoms with van der Waals surface area (Å²) in [5.41, 5.74) is -0.257. The maximum absolute atomic E-state index is 9.48. The van der Waals surface area contributed by atoms with Gasteiger partial charge >= 0.3 is 0 Å². The molecular weight excluding hydrogens is 256 g/mol. The Hall–Kier alpha value is -0.290. The van der Waals surface area contributed by atoms with Crippen molar-refractivity contribution in [2.24, 2.45) is 0 Å². The van der Waals surface area contributed by atoms with E-state index in [1.165, 1.54) is 12.8 Å². The van der Waals surface area contributed by atoms with Gasteiger partial charge in [0.15, 0.2) is 0 Å². The molecule has 94 valence electrons. The van der Waals surface area contributed by atoms with Crippen LogP contribution in [0.1, 0.15) is 19.8 Å². The van der Waals surface area contributed by atoms with Crippen LogP contribution in [0.4, 0.5) is 0 Å². The summed E-state index contributed by atoms with van der Waals surface area (Å²) in [5, 5.41) is 14.4. The normalized spacial score (nSPS) is 19.0. The van der Waals surface area contributed by atoms with Crippen molar-refractivity contribution in [2.75, 3.05) is 12.4 Å². The fraction of sp³-hybridized carbons (Fsp3) is 0.583. The molecule has 1 unspecified atom stereocenters. The van der Waals surface area contributed by atoms with Crippen LogP contribution in [0.3, 0.4) is 0 Å². The molecule has 1 aromatic rings. The highest BCUT2D eigenvalue weighted by molar-refractivity contribution is 7.99. The molecule has 1 aliphatic rings. The Morgan fingerprint density at radius 1 is 1.65 bits per heavy atom. The third-order valence-corrected chi connectivity index (χ3v) is 4.53. The zero-order valence-electron chi connectivity index (χ0n) is 9.82. The summed E-state index contributed by atoms with van der Waals surface area (Å²) >= 11 is 7.63. The minimum absolute atomic E-state index is 0.126. The number of hydrogen-bond acceptors (Lipinski definition) is 4. The first-order valence-corrected chi connectivity index (χ1v) is 7.11. The van der Waals surface area contributed by atoms with Crippen LogP contribution in [-0.4, -0.2) is 34.0 Å². The van der Waals surface area contributed by atoms with Crippen LogP contribution < -0.4 is 5.32 Å². The van der Waals surface area contributed by atoms with Crippen molar-refractivity contribution in [1.82, 2.24) is 10.3 Å². The molecule has 2 N–H and O–H groups in total. The number of aliphatic hydroxyl groups is 1. The van der Waals surface area contributed by atoms with E-state index in [4.69, 9.17) is 11.6 Å². The monoisotopic (exact) mass is 272 g/mol. The van der Waals surface area contributed by atoms with Crippen LogP contribution in [0.2, 0.25) is 5.02 Å². The van der Waals surface area contributed by atoms with E-state index in [9.17, 15) is 5.11 Å². The number of rotatable bonds is 6. The van der Waals surface area contributed by atoms with E-state index < -0.39 is 0 Å². The van der Waals surface area contributed by atoms with E-state index >= 15 is 0 Å². The Labute approximate surface area is 111 Å². The molecule has 5 heteroatoms. The van der Waals surface area contributed by atoms with Gasteiger partial charge in [-0.1, -0.05) is 11.6 Å². The van der Waals surface area contributed by atoms with Gasteiger partial charge in [0.1, 0.15) is 5.03 Å². The zero-order valence-corrected chi connectivity index (χ0v) is 11.4. The summed E-state index contributed by atoms with van der Waals surface area (Å²) in [6.45, 7) is 2.16. The third kappa shape index (κ3) is 3.85. The van der Waals surface area contributed by atoms with Crippen LogP contribution in [0.25, 0.3) is 0 Å². The molecule has 0 bridgehead atoms. The summed E-state index contributed by atoms with van der Waals surface area (Å²) in [6, 6.07) is 4.23. The molecular formula is C12H17ClN2OS. The van der Waals surface area contributed by atoms with E-state index in [0.717, 1.165) is 10.8 Å². The number of hydrogen-bond donors (Lipinski definition) is 2. The highest BCUT2D eigenvalue weighted by atomic mass is 35.5. The first-order chi connectivity index (χ1) is 8.13. The second-order valence-corrected chi connectivity index (χ2v) is 6.09. The van der Waals surface area contributed by atoms with Gasteiger partial charge in [0.25, 0.3) is 0 Å². The van der Waals surface area contributed by atoms with E-state index in [2.05, 4.69) is 10.3 Å². The number of aromatic nitrogens is 1. The predicted molar refractivity (Wildman–Crippen MR) is 71.6 cm³/mol. The van der Waals surface area contributed by atoms with Crippen molar-refractivity contribution >= 4 is 23.4 Å². The highest BCUT2D eigenvalue weighted by Gasteiger charge is 2.32. The second kappa shape index (κ2) is 5.57. The standard InChI is InChI=1S/C12H17ClN2OS/c1-12(7-16,15-9-4-5-9)8-17-11-10(13)3-2-6-14-11/h2-3,6,9,15-16H,4-5,7-8H2,1H3. The van der Waals surface area contributed by atoms with Gasteiger partial charge in [-0.2, -0.15) is 0 Å². The van der Waals surface area contributed by atoms with E-state index in [-0.39, 0.29) is 12.1 Å². The number of nitrogens with one attached hydrogen (secondary N) is 1. The van der Waals surface area contributed by atoms with Crippen molar-refractivity contribution in [1.29, 1.82) is 0 Å². The van der Waals surface area contributed by atoms with E-state index in [0.29, 0.717) is 11.1 Å².